The molecule has 4 rings (SSSR count). The van der Waals surface area contributed by atoms with Crippen molar-refractivity contribution in [2.75, 3.05) is 54.5 Å². The van der Waals surface area contributed by atoms with E-state index in [0.29, 0.717) is 13.2 Å². The van der Waals surface area contributed by atoms with Crippen LogP contribution in [0, 0.1) is 0 Å². The van der Waals surface area contributed by atoms with Gasteiger partial charge in [0.05, 0.1) is 17.1 Å². The van der Waals surface area contributed by atoms with E-state index in [0.717, 1.165) is 43.2 Å². The highest BCUT2D eigenvalue weighted by Gasteiger charge is 2.25. The molecule has 3 aliphatic rings. The van der Waals surface area contributed by atoms with Crippen molar-refractivity contribution < 1.29 is 14.3 Å². The van der Waals surface area contributed by atoms with Crippen molar-refractivity contribution in [2.24, 2.45) is 0 Å². The number of rotatable bonds is 4. The molecule has 1 aromatic rings. The van der Waals surface area contributed by atoms with Crippen molar-refractivity contribution in [1.82, 2.24) is 0 Å². The minimum atomic E-state index is -0.244. The molecule has 0 spiro atoms. The van der Waals surface area contributed by atoms with Gasteiger partial charge in [0.2, 0.25) is 5.76 Å². The molecule has 1 aromatic carbocycles. The summed E-state index contributed by atoms with van der Waals surface area (Å²) in [5.74, 6) is 0.00152. The highest BCUT2D eigenvalue weighted by atomic mass is 16.6. The number of carbonyl (C=O) groups is 1. The second-order valence-corrected chi connectivity index (χ2v) is 6.72. The zero-order valence-electron chi connectivity index (χ0n) is 14.5. The standard InChI is InChI=1S/C19H25N3O3/c23-19(17-14-24-12-13-25-17)20-18-15(21-8-1-2-9-21)6-5-7-16(18)22-10-3-4-11-22/h5-7,14H,1-4,8-13H2,(H,20,23). The molecule has 6 nitrogen and oxygen atoms in total. The average Bonchev–Trinajstić information content (AvgIpc) is 3.36. The topological polar surface area (TPSA) is 54.0 Å². The molecule has 2 saturated heterocycles. The van der Waals surface area contributed by atoms with Gasteiger partial charge in [-0.15, -0.1) is 0 Å². The van der Waals surface area contributed by atoms with Crippen molar-refractivity contribution in [1.29, 1.82) is 0 Å². The fourth-order valence-electron chi connectivity index (χ4n) is 3.76. The smallest absolute Gasteiger partial charge is 0.294 e. The molecule has 3 aliphatic heterocycles. The Hall–Kier alpha value is -2.37. The minimum absolute atomic E-state index is 0.244. The van der Waals surface area contributed by atoms with Gasteiger partial charge in [-0.3, -0.25) is 4.79 Å². The largest absolute Gasteiger partial charge is 0.494 e. The van der Waals surface area contributed by atoms with Gasteiger partial charge in [0, 0.05) is 26.2 Å². The number of hydrogen-bond acceptors (Lipinski definition) is 5. The molecular formula is C19H25N3O3. The van der Waals surface area contributed by atoms with E-state index in [1.54, 1.807) is 0 Å². The van der Waals surface area contributed by atoms with Crippen LogP contribution in [-0.4, -0.2) is 45.3 Å². The highest BCUT2D eigenvalue weighted by molar-refractivity contribution is 6.06. The molecule has 2 fully saturated rings. The monoisotopic (exact) mass is 343 g/mol. The summed E-state index contributed by atoms with van der Waals surface area (Å²) in [4.78, 5) is 17.4. The summed E-state index contributed by atoms with van der Waals surface area (Å²) in [6, 6.07) is 6.30. The molecule has 0 aliphatic carbocycles. The number of ether oxygens (including phenoxy) is 2. The van der Waals surface area contributed by atoms with Crippen LogP contribution >= 0.6 is 0 Å². The van der Waals surface area contributed by atoms with Gasteiger partial charge in [-0.2, -0.15) is 0 Å². The maximum atomic E-state index is 12.7. The lowest BCUT2D eigenvalue weighted by Gasteiger charge is -2.28. The Morgan fingerprint density at radius 2 is 1.52 bits per heavy atom. The molecule has 25 heavy (non-hydrogen) atoms. The predicted molar refractivity (Wildman–Crippen MR) is 98.0 cm³/mol. The Labute approximate surface area is 148 Å². The van der Waals surface area contributed by atoms with Gasteiger partial charge >= 0.3 is 0 Å². The number of nitrogens with one attached hydrogen (secondary N) is 1. The van der Waals surface area contributed by atoms with Crippen LogP contribution in [0.25, 0.3) is 0 Å². The molecule has 1 N–H and O–H groups in total. The van der Waals surface area contributed by atoms with Crippen molar-refractivity contribution in [3.8, 4) is 0 Å². The van der Waals surface area contributed by atoms with Crippen LogP contribution in [0.4, 0.5) is 17.1 Å². The van der Waals surface area contributed by atoms with Crippen LogP contribution in [0.2, 0.25) is 0 Å². The Kier molecular flexibility index (Phi) is 4.68. The van der Waals surface area contributed by atoms with Crippen molar-refractivity contribution in [3.05, 3.63) is 30.2 Å². The number of carbonyl (C=O) groups excluding carboxylic acids is 1. The van der Waals surface area contributed by atoms with E-state index >= 15 is 0 Å². The lowest BCUT2D eigenvalue weighted by molar-refractivity contribution is -0.117. The number of amides is 1. The molecule has 0 bridgehead atoms. The van der Waals surface area contributed by atoms with Crippen LogP contribution in [-0.2, 0) is 14.3 Å². The van der Waals surface area contributed by atoms with Crippen LogP contribution < -0.4 is 15.1 Å². The second-order valence-electron chi connectivity index (χ2n) is 6.72. The van der Waals surface area contributed by atoms with Gasteiger partial charge in [0.25, 0.3) is 5.91 Å². The quantitative estimate of drug-likeness (QED) is 0.911. The molecule has 0 radical (unpaired) electrons. The third-order valence-electron chi connectivity index (χ3n) is 5.03. The molecule has 0 atom stereocenters. The molecular weight excluding hydrogens is 318 g/mol. The predicted octanol–water partition coefficient (Wildman–Crippen LogP) is 2.71. The van der Waals surface area contributed by atoms with Crippen molar-refractivity contribution in [3.63, 3.8) is 0 Å². The first-order valence-electron chi connectivity index (χ1n) is 9.22. The van der Waals surface area contributed by atoms with Gasteiger partial charge in [0.1, 0.15) is 19.5 Å². The molecule has 0 saturated carbocycles. The Morgan fingerprint density at radius 1 is 0.920 bits per heavy atom. The van der Waals surface area contributed by atoms with Crippen LogP contribution in [0.3, 0.4) is 0 Å². The first-order chi connectivity index (χ1) is 12.3. The number of nitrogens with zero attached hydrogens (tertiary/aromatic N) is 2. The summed E-state index contributed by atoms with van der Waals surface area (Å²) in [5, 5.41) is 3.11. The number of anilines is 3. The molecule has 0 aromatic heterocycles. The molecule has 6 heteroatoms. The fourth-order valence-corrected chi connectivity index (χ4v) is 3.76. The molecule has 0 unspecified atom stereocenters. The van der Waals surface area contributed by atoms with E-state index in [1.165, 1.54) is 31.9 Å². The van der Waals surface area contributed by atoms with E-state index in [2.05, 4.69) is 33.3 Å². The number of para-hydroxylation sites is 1. The van der Waals surface area contributed by atoms with Crippen LogP contribution in [0.1, 0.15) is 25.7 Å². The Bertz CT molecular complexity index is 628. The van der Waals surface area contributed by atoms with Gasteiger partial charge in [-0.1, -0.05) is 6.07 Å². The summed E-state index contributed by atoms with van der Waals surface area (Å²) in [5.41, 5.74) is 3.10. The maximum absolute atomic E-state index is 12.7. The maximum Gasteiger partial charge on any atom is 0.294 e. The lowest BCUT2D eigenvalue weighted by atomic mass is 10.2. The summed E-state index contributed by atoms with van der Waals surface area (Å²) >= 11 is 0. The average molecular weight is 343 g/mol. The summed E-state index contributed by atoms with van der Waals surface area (Å²) in [6.07, 6.45) is 6.20. The summed E-state index contributed by atoms with van der Waals surface area (Å²) in [7, 11) is 0. The normalized spacial score (nSPS) is 20.1. The van der Waals surface area contributed by atoms with Gasteiger partial charge < -0.3 is 24.6 Å². The second kappa shape index (κ2) is 7.25. The van der Waals surface area contributed by atoms with Crippen LogP contribution in [0.5, 0.6) is 0 Å². The third-order valence-corrected chi connectivity index (χ3v) is 5.03. The van der Waals surface area contributed by atoms with E-state index < -0.39 is 0 Å². The third kappa shape index (κ3) is 3.38. The fraction of sp³-hybridized carbons (Fsp3) is 0.526. The Balaban J connectivity index is 1.66. The summed E-state index contributed by atoms with van der Waals surface area (Å²) in [6.45, 7) is 5.04. The zero-order valence-corrected chi connectivity index (χ0v) is 14.5. The van der Waals surface area contributed by atoms with Crippen molar-refractivity contribution in [2.45, 2.75) is 25.7 Å². The Morgan fingerprint density at radius 3 is 2.04 bits per heavy atom. The molecule has 1 amide bonds. The minimum Gasteiger partial charge on any atom is -0.494 e. The first kappa shape index (κ1) is 16.1. The SMILES string of the molecule is O=C(Nc1c(N2CCCC2)cccc1N1CCCC1)C1=COCCO1. The van der Waals surface area contributed by atoms with Crippen LogP contribution in [0.15, 0.2) is 30.2 Å². The highest BCUT2D eigenvalue weighted by Crippen LogP contribution is 2.38. The zero-order chi connectivity index (χ0) is 17.1. The van der Waals surface area contributed by atoms with Gasteiger partial charge in [-0.05, 0) is 37.8 Å². The number of hydrogen-bond donors (Lipinski definition) is 1. The van der Waals surface area contributed by atoms with E-state index in [-0.39, 0.29) is 11.7 Å². The van der Waals surface area contributed by atoms with E-state index in [4.69, 9.17) is 9.47 Å². The van der Waals surface area contributed by atoms with E-state index in [9.17, 15) is 4.79 Å². The molecule has 3 heterocycles. The lowest BCUT2D eigenvalue weighted by Crippen LogP contribution is -2.27. The van der Waals surface area contributed by atoms with E-state index in [1.807, 2.05) is 0 Å². The van der Waals surface area contributed by atoms with Gasteiger partial charge in [-0.25, -0.2) is 0 Å². The number of benzene rings is 1. The first-order valence-corrected chi connectivity index (χ1v) is 9.22. The van der Waals surface area contributed by atoms with Gasteiger partial charge in [0.15, 0.2) is 0 Å². The molecule has 134 valence electrons. The van der Waals surface area contributed by atoms with Crippen molar-refractivity contribution >= 4 is 23.0 Å². The summed E-state index contributed by atoms with van der Waals surface area (Å²) < 4.78 is 10.7.